The Morgan fingerprint density at radius 3 is 2.18 bits per heavy atom. The van der Waals surface area contributed by atoms with Crippen molar-refractivity contribution in [2.45, 2.75) is 60.5 Å². The molecule has 0 aromatic rings. The van der Waals surface area contributed by atoms with Gasteiger partial charge in [-0.15, -0.1) is 0 Å². The van der Waals surface area contributed by atoms with Crippen LogP contribution in [-0.2, 0) is 4.79 Å². The fourth-order valence-corrected chi connectivity index (χ4v) is 2.79. The maximum absolute atomic E-state index is 12.3. The highest BCUT2D eigenvalue weighted by molar-refractivity contribution is 5.87. The Bertz CT molecular complexity index is 302. The molecule has 0 spiro atoms. The summed E-state index contributed by atoms with van der Waals surface area (Å²) in [6.07, 6.45) is 1.37. The fourth-order valence-electron chi connectivity index (χ4n) is 2.79. The van der Waals surface area contributed by atoms with E-state index in [-0.39, 0.29) is 22.2 Å². The summed E-state index contributed by atoms with van der Waals surface area (Å²) in [7, 11) is 0. The highest BCUT2D eigenvalue weighted by Crippen LogP contribution is 2.67. The second-order valence-corrected chi connectivity index (χ2v) is 7.44. The van der Waals surface area contributed by atoms with Gasteiger partial charge >= 0.3 is 0 Å². The quantitative estimate of drug-likeness (QED) is 0.793. The van der Waals surface area contributed by atoms with Gasteiger partial charge in [-0.25, -0.2) is 0 Å². The third-order valence-electron chi connectivity index (χ3n) is 3.74. The van der Waals surface area contributed by atoms with Crippen molar-refractivity contribution in [3.05, 3.63) is 0 Å². The van der Waals surface area contributed by atoms with Crippen molar-refractivity contribution in [2.24, 2.45) is 16.2 Å². The lowest BCUT2D eigenvalue weighted by atomic mass is 9.78. The van der Waals surface area contributed by atoms with Crippen molar-refractivity contribution in [1.82, 2.24) is 5.32 Å². The Balaban J connectivity index is 2.71. The molecular formula is C14H27NO2. The lowest BCUT2D eigenvalue weighted by Crippen LogP contribution is -2.40. The van der Waals surface area contributed by atoms with Crippen LogP contribution in [0.25, 0.3) is 0 Å². The molecule has 0 saturated heterocycles. The summed E-state index contributed by atoms with van der Waals surface area (Å²) in [6, 6.07) is 0. The van der Waals surface area contributed by atoms with E-state index < -0.39 is 6.10 Å². The van der Waals surface area contributed by atoms with Crippen LogP contribution in [0, 0.1) is 16.2 Å². The molecule has 1 saturated carbocycles. The highest BCUT2D eigenvalue weighted by Gasteiger charge is 2.66. The average Bonchev–Trinajstić information content (AvgIpc) is 2.61. The number of amides is 1. The van der Waals surface area contributed by atoms with Crippen molar-refractivity contribution in [1.29, 1.82) is 0 Å². The van der Waals surface area contributed by atoms with E-state index in [9.17, 15) is 9.90 Å². The molecule has 2 N–H and O–H groups in total. The molecule has 2 unspecified atom stereocenters. The molecule has 0 aliphatic heterocycles. The van der Waals surface area contributed by atoms with Crippen molar-refractivity contribution < 1.29 is 9.90 Å². The van der Waals surface area contributed by atoms with Crippen LogP contribution < -0.4 is 5.32 Å². The highest BCUT2D eigenvalue weighted by atomic mass is 16.3. The molecule has 1 aliphatic carbocycles. The van der Waals surface area contributed by atoms with Gasteiger partial charge < -0.3 is 10.4 Å². The zero-order chi connectivity index (χ0) is 13.5. The third-order valence-corrected chi connectivity index (χ3v) is 3.74. The molecule has 2 atom stereocenters. The smallest absolute Gasteiger partial charge is 0.226 e. The van der Waals surface area contributed by atoms with Crippen molar-refractivity contribution in [3.8, 4) is 0 Å². The number of hydrogen-bond donors (Lipinski definition) is 2. The summed E-state index contributed by atoms with van der Waals surface area (Å²) in [6.45, 7) is 12.9. The molecule has 17 heavy (non-hydrogen) atoms. The van der Waals surface area contributed by atoms with E-state index >= 15 is 0 Å². The zero-order valence-corrected chi connectivity index (χ0v) is 12.1. The maximum Gasteiger partial charge on any atom is 0.226 e. The molecule has 0 heterocycles. The first-order valence-corrected chi connectivity index (χ1v) is 6.47. The maximum atomic E-state index is 12.3. The minimum atomic E-state index is -0.479. The summed E-state index contributed by atoms with van der Waals surface area (Å²) >= 11 is 0. The second kappa shape index (κ2) is 4.27. The third kappa shape index (κ3) is 3.21. The van der Waals surface area contributed by atoms with Crippen molar-refractivity contribution in [2.75, 3.05) is 6.54 Å². The summed E-state index contributed by atoms with van der Waals surface area (Å²) in [4.78, 5) is 12.3. The number of aliphatic hydroxyl groups is 1. The van der Waals surface area contributed by atoms with Gasteiger partial charge in [0.25, 0.3) is 0 Å². The van der Waals surface area contributed by atoms with Gasteiger partial charge in [0, 0.05) is 6.54 Å². The Kier molecular flexibility index (Phi) is 3.64. The largest absolute Gasteiger partial charge is 0.392 e. The Labute approximate surface area is 105 Å². The van der Waals surface area contributed by atoms with Crippen LogP contribution in [0.1, 0.15) is 54.4 Å². The normalized spacial score (nSPS) is 28.6. The number of hydrogen-bond acceptors (Lipinski definition) is 2. The Morgan fingerprint density at radius 2 is 1.88 bits per heavy atom. The minimum Gasteiger partial charge on any atom is -0.392 e. The second-order valence-electron chi connectivity index (χ2n) is 7.44. The topological polar surface area (TPSA) is 49.3 Å². The SMILES string of the molecule is CC(O)CNC(=O)C1(CC(C)(C)C)CC1(C)C. The van der Waals surface area contributed by atoms with Crippen LogP contribution >= 0.6 is 0 Å². The van der Waals surface area contributed by atoms with Crippen molar-refractivity contribution >= 4 is 5.91 Å². The number of carbonyl (C=O) groups is 1. The van der Waals surface area contributed by atoms with Gasteiger partial charge in [-0.1, -0.05) is 34.6 Å². The van der Waals surface area contributed by atoms with Crippen LogP contribution in [0.2, 0.25) is 0 Å². The molecule has 1 aliphatic rings. The van der Waals surface area contributed by atoms with E-state index in [0.29, 0.717) is 6.54 Å². The lowest BCUT2D eigenvalue weighted by molar-refractivity contribution is -0.129. The Hall–Kier alpha value is -0.570. The Morgan fingerprint density at radius 1 is 1.41 bits per heavy atom. The van der Waals surface area contributed by atoms with Crippen molar-refractivity contribution in [3.63, 3.8) is 0 Å². The summed E-state index contributed by atoms with van der Waals surface area (Å²) in [5.41, 5.74) is -0.000855. The van der Waals surface area contributed by atoms with E-state index in [4.69, 9.17) is 0 Å². The number of aliphatic hydroxyl groups excluding tert-OH is 1. The predicted octanol–water partition coefficient (Wildman–Crippen LogP) is 2.34. The first-order chi connectivity index (χ1) is 7.50. The fraction of sp³-hybridized carbons (Fsp3) is 0.929. The van der Waals surface area contributed by atoms with Crippen LogP contribution in [0.5, 0.6) is 0 Å². The van der Waals surface area contributed by atoms with Crippen LogP contribution in [0.4, 0.5) is 0 Å². The van der Waals surface area contributed by atoms with E-state index in [1.165, 1.54) is 0 Å². The molecule has 1 fully saturated rings. The van der Waals surface area contributed by atoms with Gasteiger partial charge in [0.15, 0.2) is 0 Å². The first-order valence-electron chi connectivity index (χ1n) is 6.47. The zero-order valence-electron chi connectivity index (χ0n) is 12.1. The van der Waals surface area contributed by atoms with Gasteiger partial charge in [0.1, 0.15) is 0 Å². The molecule has 1 amide bonds. The summed E-state index contributed by atoms with van der Waals surface area (Å²) < 4.78 is 0. The molecule has 0 radical (unpaired) electrons. The summed E-state index contributed by atoms with van der Waals surface area (Å²) in [5.74, 6) is 0.110. The number of rotatable bonds is 4. The molecular weight excluding hydrogens is 214 g/mol. The standard InChI is InChI=1S/C14H27NO2/c1-10(16)7-15-11(17)14(8-12(2,3)4)9-13(14,5)6/h10,16H,7-9H2,1-6H3,(H,15,17). The van der Waals surface area contributed by atoms with Crippen LogP contribution in [0.3, 0.4) is 0 Å². The van der Waals surface area contributed by atoms with Gasteiger partial charge in [0.05, 0.1) is 11.5 Å². The molecule has 0 bridgehead atoms. The van der Waals surface area contributed by atoms with E-state index in [2.05, 4.69) is 39.9 Å². The van der Waals surface area contributed by atoms with E-state index in [1.807, 2.05) is 0 Å². The number of nitrogens with one attached hydrogen (secondary N) is 1. The van der Waals surface area contributed by atoms with E-state index in [1.54, 1.807) is 6.92 Å². The molecule has 1 rings (SSSR count). The number of carbonyl (C=O) groups excluding carboxylic acids is 1. The van der Waals surface area contributed by atoms with Crippen LogP contribution in [-0.4, -0.2) is 23.7 Å². The van der Waals surface area contributed by atoms with Gasteiger partial charge in [-0.3, -0.25) is 4.79 Å². The average molecular weight is 241 g/mol. The predicted molar refractivity (Wildman–Crippen MR) is 69.6 cm³/mol. The molecule has 3 nitrogen and oxygen atoms in total. The minimum absolute atomic E-state index is 0.0864. The van der Waals surface area contributed by atoms with Gasteiger partial charge in [-0.2, -0.15) is 0 Å². The van der Waals surface area contributed by atoms with Crippen LogP contribution in [0.15, 0.2) is 0 Å². The van der Waals surface area contributed by atoms with E-state index in [0.717, 1.165) is 12.8 Å². The lowest BCUT2D eigenvalue weighted by Gasteiger charge is -2.28. The molecule has 0 aromatic carbocycles. The molecule has 0 aromatic heterocycles. The van der Waals surface area contributed by atoms with Gasteiger partial charge in [0.2, 0.25) is 5.91 Å². The molecule has 100 valence electrons. The summed E-state index contributed by atoms with van der Waals surface area (Å²) in [5, 5.41) is 12.1. The van der Waals surface area contributed by atoms with Gasteiger partial charge in [-0.05, 0) is 30.6 Å². The first kappa shape index (κ1) is 14.5. The monoisotopic (exact) mass is 241 g/mol. The molecule has 3 heteroatoms.